The predicted octanol–water partition coefficient (Wildman–Crippen LogP) is 2.97. The highest BCUT2D eigenvalue weighted by atomic mass is 16.6. The summed E-state index contributed by atoms with van der Waals surface area (Å²) in [5.41, 5.74) is 2.44. The lowest BCUT2D eigenvalue weighted by molar-refractivity contribution is 0.00695. The second-order valence-electron chi connectivity index (χ2n) is 5.09. The topological polar surface area (TPSA) is 38.3 Å². The number of rotatable bonds is 2. The fourth-order valence-corrected chi connectivity index (χ4v) is 1.58. The highest BCUT2D eigenvalue weighted by molar-refractivity contribution is 5.92. The molecule has 1 N–H and O–H groups in total. The highest BCUT2D eigenvalue weighted by Crippen LogP contribution is 2.22. The van der Waals surface area contributed by atoms with Gasteiger partial charge in [-0.3, -0.25) is 0 Å². The molecule has 0 spiro atoms. The molecule has 0 saturated carbocycles. The lowest BCUT2D eigenvalue weighted by Crippen LogP contribution is -2.24. The first kappa shape index (κ1) is 14.1. The number of carbonyl (C=O) groups excluding carboxylic acids is 1. The van der Waals surface area contributed by atoms with Crippen LogP contribution in [0.15, 0.2) is 12.1 Å². The standard InChI is InChI=1S/C15H19NO2/c1-7-11-8-12(9-13(16-6)10(11)2)14(17)18-15(3,4)5/h1,8-9,16H,2-6H3. The molecule has 18 heavy (non-hydrogen) atoms. The summed E-state index contributed by atoms with van der Waals surface area (Å²) in [6.07, 6.45) is 5.44. The number of benzene rings is 1. The van der Waals surface area contributed by atoms with Gasteiger partial charge in [0.2, 0.25) is 0 Å². The van der Waals surface area contributed by atoms with Crippen molar-refractivity contribution in [2.45, 2.75) is 33.3 Å². The molecule has 1 rings (SSSR count). The van der Waals surface area contributed by atoms with E-state index in [1.165, 1.54) is 0 Å². The van der Waals surface area contributed by atoms with E-state index < -0.39 is 5.60 Å². The van der Waals surface area contributed by atoms with E-state index in [2.05, 4.69) is 11.2 Å². The maximum absolute atomic E-state index is 12.0. The zero-order valence-electron chi connectivity index (χ0n) is 11.5. The highest BCUT2D eigenvalue weighted by Gasteiger charge is 2.19. The monoisotopic (exact) mass is 245 g/mol. The molecule has 0 atom stereocenters. The molecular formula is C15H19NO2. The Kier molecular flexibility index (Phi) is 4.03. The van der Waals surface area contributed by atoms with E-state index in [4.69, 9.17) is 11.2 Å². The first-order valence-electron chi connectivity index (χ1n) is 5.81. The maximum Gasteiger partial charge on any atom is 0.338 e. The van der Waals surface area contributed by atoms with Crippen molar-refractivity contribution in [1.29, 1.82) is 0 Å². The summed E-state index contributed by atoms with van der Waals surface area (Å²) in [7, 11) is 1.79. The van der Waals surface area contributed by atoms with E-state index in [1.807, 2.05) is 27.7 Å². The smallest absolute Gasteiger partial charge is 0.338 e. The van der Waals surface area contributed by atoms with Crippen molar-refractivity contribution in [3.8, 4) is 12.3 Å². The molecule has 1 aromatic carbocycles. The number of carbonyl (C=O) groups is 1. The van der Waals surface area contributed by atoms with Crippen LogP contribution in [0.3, 0.4) is 0 Å². The van der Waals surface area contributed by atoms with Crippen molar-refractivity contribution >= 4 is 11.7 Å². The molecule has 3 nitrogen and oxygen atoms in total. The van der Waals surface area contributed by atoms with Crippen molar-refractivity contribution in [2.75, 3.05) is 12.4 Å². The first-order valence-corrected chi connectivity index (χ1v) is 5.81. The Morgan fingerprint density at radius 3 is 2.44 bits per heavy atom. The lowest BCUT2D eigenvalue weighted by atomic mass is 10.0. The zero-order chi connectivity index (χ0) is 13.9. The largest absolute Gasteiger partial charge is 0.456 e. The van der Waals surface area contributed by atoms with Crippen LogP contribution in [-0.2, 0) is 4.74 Å². The van der Waals surface area contributed by atoms with Gasteiger partial charge in [0.25, 0.3) is 0 Å². The van der Waals surface area contributed by atoms with Crippen LogP contribution in [0.2, 0.25) is 0 Å². The van der Waals surface area contributed by atoms with Crippen molar-refractivity contribution in [2.24, 2.45) is 0 Å². The molecule has 1 aromatic rings. The number of ether oxygens (including phenoxy) is 1. The minimum atomic E-state index is -0.516. The Morgan fingerprint density at radius 1 is 1.39 bits per heavy atom. The Morgan fingerprint density at radius 2 is 2.00 bits per heavy atom. The minimum Gasteiger partial charge on any atom is -0.456 e. The van der Waals surface area contributed by atoms with E-state index in [9.17, 15) is 4.79 Å². The van der Waals surface area contributed by atoms with Crippen LogP contribution in [0.1, 0.15) is 42.3 Å². The Balaban J connectivity index is 3.19. The first-order chi connectivity index (χ1) is 8.28. The number of hydrogen-bond acceptors (Lipinski definition) is 3. The van der Waals surface area contributed by atoms with Crippen LogP contribution < -0.4 is 5.32 Å². The second kappa shape index (κ2) is 5.14. The average Bonchev–Trinajstić information content (AvgIpc) is 2.27. The van der Waals surface area contributed by atoms with Gasteiger partial charge in [-0.15, -0.1) is 6.42 Å². The summed E-state index contributed by atoms with van der Waals surface area (Å²) < 4.78 is 5.33. The van der Waals surface area contributed by atoms with Crippen molar-refractivity contribution in [3.05, 3.63) is 28.8 Å². The zero-order valence-corrected chi connectivity index (χ0v) is 11.5. The van der Waals surface area contributed by atoms with Gasteiger partial charge in [0, 0.05) is 18.3 Å². The van der Waals surface area contributed by atoms with Crippen molar-refractivity contribution in [3.63, 3.8) is 0 Å². The Hall–Kier alpha value is -1.95. The van der Waals surface area contributed by atoms with Gasteiger partial charge in [-0.1, -0.05) is 5.92 Å². The number of nitrogens with one attached hydrogen (secondary N) is 1. The third-order valence-electron chi connectivity index (χ3n) is 2.47. The molecule has 0 bridgehead atoms. The molecular weight excluding hydrogens is 226 g/mol. The summed E-state index contributed by atoms with van der Waals surface area (Å²) in [5.74, 6) is 2.22. The second-order valence-corrected chi connectivity index (χ2v) is 5.09. The number of esters is 1. The normalized spacial score (nSPS) is 10.7. The van der Waals surface area contributed by atoms with E-state index in [1.54, 1.807) is 19.2 Å². The molecule has 0 aliphatic heterocycles. The van der Waals surface area contributed by atoms with Gasteiger partial charge >= 0.3 is 5.97 Å². The molecule has 0 aliphatic rings. The molecule has 96 valence electrons. The van der Waals surface area contributed by atoms with Gasteiger partial charge in [0.15, 0.2) is 0 Å². The van der Waals surface area contributed by atoms with Crippen LogP contribution in [-0.4, -0.2) is 18.6 Å². The van der Waals surface area contributed by atoms with Gasteiger partial charge in [-0.05, 0) is 45.4 Å². The molecule has 0 saturated heterocycles. The van der Waals surface area contributed by atoms with Gasteiger partial charge in [0.05, 0.1) is 5.56 Å². The molecule has 0 unspecified atom stereocenters. The van der Waals surface area contributed by atoms with Crippen LogP contribution in [0.25, 0.3) is 0 Å². The molecule has 0 aliphatic carbocycles. The summed E-state index contributed by atoms with van der Waals surface area (Å²) in [4.78, 5) is 12.0. The minimum absolute atomic E-state index is 0.365. The molecule has 0 fully saturated rings. The third-order valence-corrected chi connectivity index (χ3v) is 2.47. The van der Waals surface area contributed by atoms with Crippen LogP contribution in [0.5, 0.6) is 0 Å². The number of terminal acetylenes is 1. The van der Waals surface area contributed by atoms with Crippen molar-refractivity contribution < 1.29 is 9.53 Å². The Bertz CT molecular complexity index is 504. The maximum atomic E-state index is 12.0. The van der Waals surface area contributed by atoms with Gasteiger partial charge < -0.3 is 10.1 Å². The summed E-state index contributed by atoms with van der Waals surface area (Å²) >= 11 is 0. The average molecular weight is 245 g/mol. The van der Waals surface area contributed by atoms with E-state index in [-0.39, 0.29) is 5.97 Å². The van der Waals surface area contributed by atoms with Crippen LogP contribution in [0.4, 0.5) is 5.69 Å². The quantitative estimate of drug-likeness (QED) is 0.643. The van der Waals surface area contributed by atoms with E-state index >= 15 is 0 Å². The fraction of sp³-hybridized carbons (Fsp3) is 0.400. The molecule has 0 heterocycles. The number of hydrogen-bond donors (Lipinski definition) is 1. The van der Waals surface area contributed by atoms with Gasteiger partial charge in [-0.2, -0.15) is 0 Å². The van der Waals surface area contributed by atoms with E-state index in [0.717, 1.165) is 11.3 Å². The van der Waals surface area contributed by atoms with Crippen LogP contribution >= 0.6 is 0 Å². The summed E-state index contributed by atoms with van der Waals surface area (Å²) in [6, 6.07) is 3.44. The molecule has 3 heteroatoms. The lowest BCUT2D eigenvalue weighted by Gasteiger charge is -2.20. The molecule has 0 amide bonds. The van der Waals surface area contributed by atoms with Gasteiger partial charge in [-0.25, -0.2) is 4.79 Å². The molecule has 0 aromatic heterocycles. The molecule has 0 radical (unpaired) electrons. The van der Waals surface area contributed by atoms with E-state index in [0.29, 0.717) is 11.1 Å². The summed E-state index contributed by atoms with van der Waals surface area (Å²) in [5, 5.41) is 3.02. The number of anilines is 1. The van der Waals surface area contributed by atoms with Crippen molar-refractivity contribution in [1.82, 2.24) is 0 Å². The van der Waals surface area contributed by atoms with Gasteiger partial charge in [0.1, 0.15) is 5.60 Å². The Labute approximate surface area is 109 Å². The fourth-order valence-electron chi connectivity index (χ4n) is 1.58. The SMILES string of the molecule is C#Cc1cc(C(=O)OC(C)(C)C)cc(NC)c1C. The summed E-state index contributed by atoms with van der Waals surface area (Å²) in [6.45, 7) is 7.42. The third kappa shape index (κ3) is 3.27. The van der Waals surface area contributed by atoms with Crippen LogP contribution in [0, 0.1) is 19.3 Å². The predicted molar refractivity (Wildman–Crippen MR) is 73.8 cm³/mol.